The van der Waals surface area contributed by atoms with Gasteiger partial charge >= 0.3 is 5.69 Å². The number of aromatic hydroxyl groups is 1. The lowest BCUT2D eigenvalue weighted by Gasteiger charge is -2.10. The molecule has 2 aromatic rings. The zero-order valence-corrected chi connectivity index (χ0v) is 11.8. The molecule has 0 aliphatic rings. The second-order valence-electron chi connectivity index (χ2n) is 4.22. The first-order valence-electron chi connectivity index (χ1n) is 5.96. The van der Waals surface area contributed by atoms with E-state index in [9.17, 15) is 19.5 Å². The molecule has 0 bridgehead atoms. The monoisotopic (exact) mass is 309 g/mol. The average molecular weight is 310 g/mol. The van der Waals surface area contributed by atoms with E-state index in [1.807, 2.05) is 0 Å². The fraction of sp³-hybridized carbons (Fsp3) is 0.154. The maximum absolute atomic E-state index is 11.9. The van der Waals surface area contributed by atoms with Gasteiger partial charge in [0.15, 0.2) is 0 Å². The van der Waals surface area contributed by atoms with Gasteiger partial charge in [-0.25, -0.2) is 4.79 Å². The van der Waals surface area contributed by atoms with Crippen LogP contribution >= 0.6 is 11.6 Å². The molecule has 0 aliphatic carbocycles. The molecule has 1 heterocycles. The minimum absolute atomic E-state index is 0.102. The highest BCUT2D eigenvalue weighted by Gasteiger charge is 2.17. The number of H-pyrrole nitrogens is 1. The minimum Gasteiger partial charge on any atom is -0.494 e. The second-order valence-corrected chi connectivity index (χ2v) is 4.66. The summed E-state index contributed by atoms with van der Waals surface area (Å²) in [6.07, 6.45) is 0. The van der Waals surface area contributed by atoms with Crippen molar-refractivity contribution in [3.05, 3.63) is 50.1 Å². The van der Waals surface area contributed by atoms with Crippen LogP contribution in [0.15, 0.2) is 33.9 Å². The lowest BCUT2D eigenvalue weighted by molar-refractivity contribution is -0.121. The molecule has 0 aliphatic heterocycles. The van der Waals surface area contributed by atoms with Crippen LogP contribution in [0.5, 0.6) is 5.88 Å². The van der Waals surface area contributed by atoms with E-state index in [0.717, 1.165) is 4.57 Å². The largest absolute Gasteiger partial charge is 0.494 e. The topological polar surface area (TPSA) is 104 Å². The molecular formula is C13H12ClN3O4. The molecule has 0 saturated carbocycles. The SMILES string of the molecule is CNC(=O)Cn1c(O)c(-c2ccc(Cl)cc2)c(=O)[nH]c1=O. The third-order valence-corrected chi connectivity index (χ3v) is 3.14. The highest BCUT2D eigenvalue weighted by atomic mass is 35.5. The Hall–Kier alpha value is -2.54. The quantitative estimate of drug-likeness (QED) is 0.759. The number of nitrogens with one attached hydrogen (secondary N) is 2. The molecule has 1 aromatic heterocycles. The lowest BCUT2D eigenvalue weighted by Crippen LogP contribution is -2.35. The Morgan fingerprint density at radius 2 is 1.95 bits per heavy atom. The smallest absolute Gasteiger partial charge is 0.331 e. The summed E-state index contributed by atoms with van der Waals surface area (Å²) >= 11 is 5.77. The van der Waals surface area contributed by atoms with E-state index >= 15 is 0 Å². The fourth-order valence-electron chi connectivity index (χ4n) is 1.81. The van der Waals surface area contributed by atoms with Crippen molar-refractivity contribution in [3.8, 4) is 17.0 Å². The van der Waals surface area contributed by atoms with Gasteiger partial charge in [-0.1, -0.05) is 23.7 Å². The summed E-state index contributed by atoms with van der Waals surface area (Å²) in [4.78, 5) is 37.0. The van der Waals surface area contributed by atoms with E-state index in [1.165, 1.54) is 19.2 Å². The van der Waals surface area contributed by atoms with E-state index in [4.69, 9.17) is 11.6 Å². The molecule has 0 saturated heterocycles. The fourth-order valence-corrected chi connectivity index (χ4v) is 1.93. The van der Waals surface area contributed by atoms with Crippen LogP contribution in [-0.2, 0) is 11.3 Å². The zero-order valence-electron chi connectivity index (χ0n) is 11.0. The van der Waals surface area contributed by atoms with Gasteiger partial charge in [-0.05, 0) is 17.7 Å². The number of hydrogen-bond acceptors (Lipinski definition) is 4. The predicted molar refractivity (Wildman–Crippen MR) is 77.5 cm³/mol. The number of amides is 1. The van der Waals surface area contributed by atoms with Gasteiger partial charge in [0.25, 0.3) is 5.56 Å². The van der Waals surface area contributed by atoms with Crippen LogP contribution in [0.3, 0.4) is 0 Å². The second kappa shape index (κ2) is 5.84. The molecule has 0 radical (unpaired) electrons. The van der Waals surface area contributed by atoms with Crippen molar-refractivity contribution in [2.45, 2.75) is 6.54 Å². The van der Waals surface area contributed by atoms with Gasteiger partial charge in [0.2, 0.25) is 11.8 Å². The first kappa shape index (κ1) is 14.9. The van der Waals surface area contributed by atoms with Gasteiger partial charge < -0.3 is 10.4 Å². The Kier molecular flexibility index (Phi) is 4.13. The standard InChI is InChI=1S/C13H12ClN3O4/c1-15-9(18)6-17-12(20)10(11(19)16-13(17)21)7-2-4-8(14)5-3-7/h2-5,20H,6H2,1H3,(H,15,18)(H,16,19,21). The van der Waals surface area contributed by atoms with E-state index in [1.54, 1.807) is 12.1 Å². The van der Waals surface area contributed by atoms with Crippen LogP contribution in [0.4, 0.5) is 0 Å². The van der Waals surface area contributed by atoms with E-state index in [-0.39, 0.29) is 5.56 Å². The number of benzene rings is 1. The van der Waals surface area contributed by atoms with Crippen molar-refractivity contribution in [1.29, 1.82) is 0 Å². The molecule has 0 atom stereocenters. The number of halogens is 1. The molecular weight excluding hydrogens is 298 g/mol. The lowest BCUT2D eigenvalue weighted by atomic mass is 10.1. The van der Waals surface area contributed by atoms with Crippen molar-refractivity contribution in [2.75, 3.05) is 7.05 Å². The molecule has 3 N–H and O–H groups in total. The number of carbonyl (C=O) groups excluding carboxylic acids is 1. The Labute approximate surface area is 123 Å². The number of aromatic nitrogens is 2. The number of aromatic amines is 1. The summed E-state index contributed by atoms with van der Waals surface area (Å²) in [7, 11) is 1.40. The maximum atomic E-state index is 11.9. The number of carbonyl (C=O) groups is 1. The number of hydrogen-bond donors (Lipinski definition) is 3. The van der Waals surface area contributed by atoms with E-state index in [0.29, 0.717) is 10.6 Å². The minimum atomic E-state index is -0.862. The Morgan fingerprint density at radius 3 is 2.52 bits per heavy atom. The van der Waals surface area contributed by atoms with Gasteiger partial charge in [-0.3, -0.25) is 19.1 Å². The van der Waals surface area contributed by atoms with E-state index < -0.39 is 29.6 Å². The normalized spacial score (nSPS) is 10.4. The number of nitrogens with zero attached hydrogens (tertiary/aromatic N) is 1. The van der Waals surface area contributed by atoms with Gasteiger partial charge in [-0.2, -0.15) is 0 Å². The molecule has 1 amide bonds. The van der Waals surface area contributed by atoms with Crippen LogP contribution in [-0.4, -0.2) is 27.6 Å². The average Bonchev–Trinajstić information content (AvgIpc) is 2.45. The van der Waals surface area contributed by atoms with Crippen molar-refractivity contribution >= 4 is 17.5 Å². The third kappa shape index (κ3) is 2.97. The van der Waals surface area contributed by atoms with Crippen LogP contribution in [0.2, 0.25) is 5.02 Å². The molecule has 7 nitrogen and oxygen atoms in total. The van der Waals surface area contributed by atoms with Crippen molar-refractivity contribution < 1.29 is 9.90 Å². The van der Waals surface area contributed by atoms with Crippen LogP contribution in [0.25, 0.3) is 11.1 Å². The number of likely N-dealkylation sites (N-methyl/N-ethyl adjacent to an activating group) is 1. The summed E-state index contributed by atoms with van der Waals surface area (Å²) in [5.74, 6) is -1.06. The van der Waals surface area contributed by atoms with Crippen LogP contribution < -0.4 is 16.6 Å². The predicted octanol–water partition coefficient (Wildman–Crippen LogP) is 0.309. The third-order valence-electron chi connectivity index (χ3n) is 2.89. The molecule has 110 valence electrons. The molecule has 2 rings (SSSR count). The summed E-state index contributed by atoms with van der Waals surface area (Å²) in [6, 6.07) is 6.15. The van der Waals surface area contributed by atoms with Crippen molar-refractivity contribution in [3.63, 3.8) is 0 Å². The highest BCUT2D eigenvalue weighted by molar-refractivity contribution is 6.30. The summed E-state index contributed by atoms with van der Waals surface area (Å²) < 4.78 is 0.782. The number of rotatable bonds is 3. The van der Waals surface area contributed by atoms with Gasteiger partial charge in [-0.15, -0.1) is 0 Å². The molecule has 0 fully saturated rings. The van der Waals surface area contributed by atoms with Crippen LogP contribution in [0, 0.1) is 0 Å². The first-order valence-corrected chi connectivity index (χ1v) is 6.34. The summed E-state index contributed by atoms with van der Waals surface area (Å²) in [5.41, 5.74) is -1.33. The van der Waals surface area contributed by atoms with Crippen LogP contribution in [0.1, 0.15) is 0 Å². The first-order chi connectivity index (χ1) is 9.93. The molecule has 1 aromatic carbocycles. The van der Waals surface area contributed by atoms with E-state index in [2.05, 4.69) is 10.3 Å². The summed E-state index contributed by atoms with van der Waals surface area (Å²) in [5, 5.41) is 12.9. The zero-order chi connectivity index (χ0) is 15.6. The highest BCUT2D eigenvalue weighted by Crippen LogP contribution is 2.25. The maximum Gasteiger partial charge on any atom is 0.331 e. The van der Waals surface area contributed by atoms with Gasteiger partial charge in [0.05, 0.1) is 0 Å². The van der Waals surface area contributed by atoms with Crippen molar-refractivity contribution in [1.82, 2.24) is 14.9 Å². The Bertz CT molecular complexity index is 793. The Balaban J connectivity index is 2.64. The van der Waals surface area contributed by atoms with Crippen molar-refractivity contribution in [2.24, 2.45) is 0 Å². The molecule has 0 spiro atoms. The van der Waals surface area contributed by atoms with Gasteiger partial charge in [0.1, 0.15) is 12.1 Å². The molecule has 8 heteroatoms. The molecule has 21 heavy (non-hydrogen) atoms. The summed E-state index contributed by atoms with van der Waals surface area (Å²) in [6.45, 7) is -0.404. The van der Waals surface area contributed by atoms with Gasteiger partial charge in [0, 0.05) is 12.1 Å². The Morgan fingerprint density at radius 1 is 1.33 bits per heavy atom. The molecule has 0 unspecified atom stereocenters.